The van der Waals surface area contributed by atoms with E-state index >= 15 is 0 Å². The molecule has 0 saturated carbocycles. The third-order valence-corrected chi connectivity index (χ3v) is 6.32. The van der Waals surface area contributed by atoms with Crippen LogP contribution >= 0.6 is 0 Å². The van der Waals surface area contributed by atoms with Crippen molar-refractivity contribution in [3.05, 3.63) is 66.6 Å². The van der Waals surface area contributed by atoms with Gasteiger partial charge in [0.2, 0.25) is 15.9 Å². The molecule has 0 aliphatic carbocycles. The van der Waals surface area contributed by atoms with Gasteiger partial charge in [-0.25, -0.2) is 18.1 Å². The average molecular weight is 457 g/mol. The maximum Gasteiger partial charge on any atom is 0.240 e. The summed E-state index contributed by atoms with van der Waals surface area (Å²) in [6.07, 6.45) is 2.40. The number of aromatic amines is 1. The van der Waals surface area contributed by atoms with Gasteiger partial charge in [0.25, 0.3) is 0 Å². The lowest BCUT2D eigenvalue weighted by atomic mass is 10.2. The molecule has 0 bridgehead atoms. The second-order valence-electron chi connectivity index (χ2n) is 7.13. The molecular formula is C23H28N4O4S. The lowest BCUT2D eigenvalue weighted by Crippen LogP contribution is -2.33. The number of benzene rings is 2. The minimum Gasteiger partial charge on any atom is -0.494 e. The molecule has 2 aromatic carbocycles. The Morgan fingerprint density at radius 1 is 1.09 bits per heavy atom. The van der Waals surface area contributed by atoms with Gasteiger partial charge in [-0.3, -0.25) is 4.79 Å². The van der Waals surface area contributed by atoms with Crippen LogP contribution in [0, 0.1) is 0 Å². The van der Waals surface area contributed by atoms with E-state index in [2.05, 4.69) is 20.0 Å². The SMILES string of the molecule is CCOc1ccc(S(=O)(=O)NCCC(=O)NC(CC)c2ncc(-c3ccccc3)[nH]2)cc1. The van der Waals surface area contributed by atoms with Gasteiger partial charge in [0.15, 0.2) is 0 Å². The van der Waals surface area contributed by atoms with E-state index in [4.69, 9.17) is 4.74 Å². The Bertz CT molecular complexity index is 1110. The Hall–Kier alpha value is -3.17. The maximum absolute atomic E-state index is 12.4. The largest absolute Gasteiger partial charge is 0.494 e. The lowest BCUT2D eigenvalue weighted by Gasteiger charge is -2.15. The number of ether oxygens (including phenoxy) is 1. The maximum atomic E-state index is 12.4. The van der Waals surface area contributed by atoms with Crippen LogP contribution in [0.1, 0.15) is 38.6 Å². The highest BCUT2D eigenvalue weighted by Crippen LogP contribution is 2.20. The Morgan fingerprint density at radius 3 is 2.47 bits per heavy atom. The topological polar surface area (TPSA) is 113 Å². The third-order valence-electron chi connectivity index (χ3n) is 4.84. The molecule has 0 aliphatic heterocycles. The van der Waals surface area contributed by atoms with Crippen LogP contribution in [-0.2, 0) is 14.8 Å². The molecule has 1 heterocycles. The number of aromatic nitrogens is 2. The summed E-state index contributed by atoms with van der Waals surface area (Å²) in [7, 11) is -3.71. The van der Waals surface area contributed by atoms with Crippen molar-refractivity contribution in [3.8, 4) is 17.0 Å². The van der Waals surface area contributed by atoms with Gasteiger partial charge in [-0.2, -0.15) is 0 Å². The van der Waals surface area contributed by atoms with E-state index in [0.717, 1.165) is 11.3 Å². The molecule has 170 valence electrons. The Kier molecular flexibility index (Phi) is 8.02. The number of rotatable bonds is 11. The Labute approximate surface area is 188 Å². The summed E-state index contributed by atoms with van der Waals surface area (Å²) in [5.41, 5.74) is 1.88. The molecule has 3 N–H and O–H groups in total. The van der Waals surface area contributed by atoms with Crippen LogP contribution < -0.4 is 14.8 Å². The summed E-state index contributed by atoms with van der Waals surface area (Å²) in [4.78, 5) is 20.2. The van der Waals surface area contributed by atoms with Crippen LogP contribution in [0.3, 0.4) is 0 Å². The number of amides is 1. The molecule has 0 aliphatic rings. The van der Waals surface area contributed by atoms with Crippen molar-refractivity contribution < 1.29 is 17.9 Å². The molecular weight excluding hydrogens is 428 g/mol. The number of H-pyrrole nitrogens is 1. The summed E-state index contributed by atoms with van der Waals surface area (Å²) < 4.78 is 32.6. The van der Waals surface area contributed by atoms with E-state index in [1.807, 2.05) is 44.2 Å². The zero-order valence-electron chi connectivity index (χ0n) is 18.2. The Morgan fingerprint density at radius 2 is 1.81 bits per heavy atom. The lowest BCUT2D eigenvalue weighted by molar-refractivity contribution is -0.121. The van der Waals surface area contributed by atoms with Gasteiger partial charge in [-0.1, -0.05) is 37.3 Å². The molecule has 1 atom stereocenters. The zero-order chi connectivity index (χ0) is 23.0. The monoisotopic (exact) mass is 456 g/mol. The van der Waals surface area contributed by atoms with Crippen molar-refractivity contribution in [1.29, 1.82) is 0 Å². The van der Waals surface area contributed by atoms with Crippen LogP contribution in [0.15, 0.2) is 65.7 Å². The van der Waals surface area contributed by atoms with E-state index in [1.165, 1.54) is 12.1 Å². The fraction of sp³-hybridized carbons (Fsp3) is 0.304. The van der Waals surface area contributed by atoms with Crippen molar-refractivity contribution in [2.75, 3.05) is 13.2 Å². The van der Waals surface area contributed by atoms with Crippen LogP contribution in [0.5, 0.6) is 5.75 Å². The molecule has 0 fully saturated rings. The predicted octanol–water partition coefficient (Wildman–Crippen LogP) is 3.41. The van der Waals surface area contributed by atoms with Crippen LogP contribution in [0.25, 0.3) is 11.3 Å². The molecule has 1 amide bonds. The van der Waals surface area contributed by atoms with Gasteiger partial charge in [0.05, 0.1) is 29.4 Å². The van der Waals surface area contributed by atoms with Crippen molar-refractivity contribution in [2.24, 2.45) is 0 Å². The molecule has 3 aromatic rings. The molecule has 0 radical (unpaired) electrons. The van der Waals surface area contributed by atoms with Crippen molar-refractivity contribution in [1.82, 2.24) is 20.0 Å². The first-order chi connectivity index (χ1) is 15.4. The van der Waals surface area contributed by atoms with Crippen LogP contribution in [-0.4, -0.2) is 37.4 Å². The van der Waals surface area contributed by atoms with Gasteiger partial charge in [0.1, 0.15) is 11.6 Å². The number of carbonyl (C=O) groups excluding carboxylic acids is 1. The number of nitrogens with one attached hydrogen (secondary N) is 3. The van der Waals surface area contributed by atoms with Gasteiger partial charge >= 0.3 is 0 Å². The number of imidazole rings is 1. The quantitative estimate of drug-likeness (QED) is 0.409. The minimum atomic E-state index is -3.71. The number of hydrogen-bond acceptors (Lipinski definition) is 5. The first-order valence-electron chi connectivity index (χ1n) is 10.5. The molecule has 3 rings (SSSR count). The summed E-state index contributed by atoms with van der Waals surface area (Å²) in [5.74, 6) is 1.00. The normalized spacial score (nSPS) is 12.3. The fourth-order valence-electron chi connectivity index (χ4n) is 3.17. The van der Waals surface area contributed by atoms with Crippen molar-refractivity contribution in [3.63, 3.8) is 0 Å². The summed E-state index contributed by atoms with van der Waals surface area (Å²) in [6.45, 7) is 4.30. The second-order valence-corrected chi connectivity index (χ2v) is 8.90. The molecule has 0 saturated heterocycles. The highest BCUT2D eigenvalue weighted by atomic mass is 32.2. The molecule has 32 heavy (non-hydrogen) atoms. The van der Waals surface area contributed by atoms with E-state index in [0.29, 0.717) is 24.6 Å². The van der Waals surface area contributed by atoms with Crippen molar-refractivity contribution >= 4 is 15.9 Å². The van der Waals surface area contributed by atoms with Crippen LogP contribution in [0.2, 0.25) is 0 Å². The summed E-state index contributed by atoms with van der Waals surface area (Å²) >= 11 is 0. The standard InChI is InChI=1S/C23H28N4O4S/c1-3-20(23-24-16-21(27-23)17-8-6-5-7-9-17)26-22(28)14-15-25-32(29,30)19-12-10-18(11-13-19)31-4-2/h5-13,16,20,25H,3-4,14-15H2,1-2H3,(H,24,27)(H,26,28). The zero-order valence-corrected chi connectivity index (χ0v) is 19.0. The summed E-state index contributed by atoms with van der Waals surface area (Å²) in [5, 5.41) is 2.91. The fourth-order valence-corrected chi connectivity index (χ4v) is 4.20. The number of carbonyl (C=O) groups is 1. The van der Waals surface area contributed by atoms with E-state index in [-0.39, 0.29) is 29.8 Å². The number of nitrogens with zero attached hydrogens (tertiary/aromatic N) is 1. The van der Waals surface area contributed by atoms with Gasteiger partial charge in [-0.15, -0.1) is 0 Å². The van der Waals surface area contributed by atoms with Crippen molar-refractivity contribution in [2.45, 2.75) is 37.6 Å². The smallest absolute Gasteiger partial charge is 0.240 e. The predicted molar refractivity (Wildman–Crippen MR) is 123 cm³/mol. The van der Waals surface area contributed by atoms with E-state index in [1.54, 1.807) is 18.3 Å². The molecule has 0 spiro atoms. The first kappa shape index (κ1) is 23.5. The third kappa shape index (κ3) is 6.18. The molecule has 8 nitrogen and oxygen atoms in total. The number of hydrogen-bond donors (Lipinski definition) is 3. The first-order valence-corrected chi connectivity index (χ1v) is 12.0. The molecule has 1 aromatic heterocycles. The van der Waals surface area contributed by atoms with E-state index < -0.39 is 10.0 Å². The van der Waals surface area contributed by atoms with Gasteiger partial charge in [0, 0.05) is 13.0 Å². The van der Waals surface area contributed by atoms with E-state index in [9.17, 15) is 13.2 Å². The van der Waals surface area contributed by atoms with Gasteiger partial charge < -0.3 is 15.0 Å². The van der Waals surface area contributed by atoms with Crippen LogP contribution in [0.4, 0.5) is 0 Å². The highest BCUT2D eigenvalue weighted by Gasteiger charge is 2.18. The number of sulfonamides is 1. The average Bonchev–Trinajstić information content (AvgIpc) is 3.29. The second kappa shape index (κ2) is 10.9. The van der Waals surface area contributed by atoms with Gasteiger partial charge in [-0.05, 0) is 43.2 Å². The molecule has 1 unspecified atom stereocenters. The highest BCUT2D eigenvalue weighted by molar-refractivity contribution is 7.89. The molecule has 9 heteroatoms. The Balaban J connectivity index is 1.52. The minimum absolute atomic E-state index is 0.00870. The summed E-state index contributed by atoms with van der Waals surface area (Å²) in [6, 6.07) is 15.7.